The maximum atomic E-state index is 12.6. The molecule has 2 aromatic heterocycles. The maximum absolute atomic E-state index is 12.6. The SMILES string of the molecule is CC(NC(=O)c1ccc(-c2ccncc2)cc1)c1cc(-c2ccccc2)n[nH]1. The Hall–Kier alpha value is -3.73. The molecule has 0 aliphatic heterocycles. The third-order valence-electron chi connectivity index (χ3n) is 4.64. The summed E-state index contributed by atoms with van der Waals surface area (Å²) < 4.78 is 0. The number of aromatic amines is 1. The third kappa shape index (κ3) is 3.83. The van der Waals surface area contributed by atoms with Crippen molar-refractivity contribution in [3.63, 3.8) is 0 Å². The summed E-state index contributed by atoms with van der Waals surface area (Å²) in [6.07, 6.45) is 3.51. The fraction of sp³-hybridized carbons (Fsp3) is 0.0870. The predicted octanol–water partition coefficient (Wildman–Crippen LogP) is 4.63. The summed E-state index contributed by atoms with van der Waals surface area (Å²) in [5.74, 6) is -0.121. The van der Waals surface area contributed by atoms with E-state index in [-0.39, 0.29) is 11.9 Å². The van der Waals surface area contributed by atoms with Gasteiger partial charge in [-0.2, -0.15) is 5.10 Å². The van der Waals surface area contributed by atoms with Crippen molar-refractivity contribution < 1.29 is 4.79 Å². The van der Waals surface area contributed by atoms with Gasteiger partial charge in [0, 0.05) is 23.5 Å². The van der Waals surface area contributed by atoms with Gasteiger partial charge < -0.3 is 5.32 Å². The van der Waals surface area contributed by atoms with Gasteiger partial charge in [-0.15, -0.1) is 0 Å². The second kappa shape index (κ2) is 7.88. The highest BCUT2D eigenvalue weighted by molar-refractivity contribution is 5.94. The summed E-state index contributed by atoms with van der Waals surface area (Å²) >= 11 is 0. The molecule has 1 atom stereocenters. The van der Waals surface area contributed by atoms with Gasteiger partial charge in [0.2, 0.25) is 0 Å². The van der Waals surface area contributed by atoms with E-state index < -0.39 is 0 Å². The minimum Gasteiger partial charge on any atom is -0.344 e. The molecule has 2 N–H and O–H groups in total. The monoisotopic (exact) mass is 368 g/mol. The minimum absolute atomic E-state index is 0.121. The Balaban J connectivity index is 1.44. The number of rotatable bonds is 5. The molecular weight excluding hydrogens is 348 g/mol. The molecule has 4 rings (SSSR count). The fourth-order valence-corrected chi connectivity index (χ4v) is 3.03. The molecule has 0 fully saturated rings. The first kappa shape index (κ1) is 17.7. The second-order valence-electron chi connectivity index (χ2n) is 6.58. The molecule has 138 valence electrons. The molecule has 1 unspecified atom stereocenters. The summed E-state index contributed by atoms with van der Waals surface area (Å²) in [5.41, 5.74) is 5.50. The van der Waals surface area contributed by atoms with Crippen LogP contribution in [-0.2, 0) is 0 Å². The molecule has 2 heterocycles. The van der Waals surface area contributed by atoms with Crippen molar-refractivity contribution >= 4 is 5.91 Å². The topological polar surface area (TPSA) is 70.7 Å². The highest BCUT2D eigenvalue weighted by atomic mass is 16.1. The van der Waals surface area contributed by atoms with Crippen LogP contribution in [0.2, 0.25) is 0 Å². The van der Waals surface area contributed by atoms with Crippen molar-refractivity contribution in [3.05, 3.63) is 96.4 Å². The van der Waals surface area contributed by atoms with Gasteiger partial charge in [-0.3, -0.25) is 14.9 Å². The Morgan fingerprint density at radius 3 is 2.29 bits per heavy atom. The van der Waals surface area contributed by atoms with Crippen molar-refractivity contribution in [3.8, 4) is 22.4 Å². The van der Waals surface area contributed by atoms with Crippen molar-refractivity contribution in [2.24, 2.45) is 0 Å². The van der Waals surface area contributed by atoms with E-state index in [0.717, 1.165) is 28.1 Å². The Labute approximate surface area is 163 Å². The first-order valence-corrected chi connectivity index (χ1v) is 9.13. The van der Waals surface area contributed by atoms with Crippen LogP contribution in [0.15, 0.2) is 85.2 Å². The van der Waals surface area contributed by atoms with Crippen LogP contribution >= 0.6 is 0 Å². The molecule has 1 amide bonds. The molecule has 0 aliphatic rings. The zero-order valence-corrected chi connectivity index (χ0v) is 15.5. The quantitative estimate of drug-likeness (QED) is 0.539. The summed E-state index contributed by atoms with van der Waals surface area (Å²) in [4.78, 5) is 16.6. The van der Waals surface area contributed by atoms with Gasteiger partial charge in [-0.1, -0.05) is 42.5 Å². The van der Waals surface area contributed by atoms with E-state index in [1.165, 1.54) is 0 Å². The molecular formula is C23H20N4O. The van der Waals surface area contributed by atoms with E-state index in [2.05, 4.69) is 20.5 Å². The number of amides is 1. The molecule has 0 saturated carbocycles. The third-order valence-corrected chi connectivity index (χ3v) is 4.64. The number of carbonyl (C=O) groups is 1. The highest BCUT2D eigenvalue weighted by Crippen LogP contribution is 2.21. The van der Waals surface area contributed by atoms with Crippen LogP contribution in [0.1, 0.15) is 29.0 Å². The van der Waals surface area contributed by atoms with E-state index in [4.69, 9.17) is 0 Å². The molecule has 0 radical (unpaired) electrons. The Kier molecular flexibility index (Phi) is 4.97. The van der Waals surface area contributed by atoms with Gasteiger partial charge in [0.1, 0.15) is 0 Å². The number of nitrogens with one attached hydrogen (secondary N) is 2. The fourth-order valence-electron chi connectivity index (χ4n) is 3.03. The first-order valence-electron chi connectivity index (χ1n) is 9.13. The Bertz CT molecular complexity index is 1060. The zero-order valence-electron chi connectivity index (χ0n) is 15.5. The number of nitrogens with zero attached hydrogens (tertiary/aromatic N) is 2. The summed E-state index contributed by atoms with van der Waals surface area (Å²) in [6, 6.07) is 23.2. The van der Waals surface area contributed by atoms with Gasteiger partial charge in [0.15, 0.2) is 0 Å². The minimum atomic E-state index is -0.183. The zero-order chi connectivity index (χ0) is 19.3. The molecule has 0 bridgehead atoms. The molecule has 0 spiro atoms. The van der Waals surface area contributed by atoms with Crippen LogP contribution in [-0.4, -0.2) is 21.1 Å². The molecule has 5 heteroatoms. The van der Waals surface area contributed by atoms with E-state index >= 15 is 0 Å². The highest BCUT2D eigenvalue weighted by Gasteiger charge is 2.14. The summed E-state index contributed by atoms with van der Waals surface area (Å²) in [7, 11) is 0. The number of carbonyl (C=O) groups excluding carboxylic acids is 1. The first-order chi connectivity index (χ1) is 13.7. The second-order valence-corrected chi connectivity index (χ2v) is 6.58. The Morgan fingerprint density at radius 1 is 0.893 bits per heavy atom. The predicted molar refractivity (Wildman–Crippen MR) is 110 cm³/mol. The van der Waals surface area contributed by atoms with Crippen LogP contribution in [0.25, 0.3) is 22.4 Å². The van der Waals surface area contributed by atoms with E-state index in [1.807, 2.05) is 79.7 Å². The number of benzene rings is 2. The van der Waals surface area contributed by atoms with Gasteiger partial charge in [-0.05, 0) is 48.4 Å². The van der Waals surface area contributed by atoms with Crippen molar-refractivity contribution in [2.45, 2.75) is 13.0 Å². The average Bonchev–Trinajstić information content (AvgIpc) is 3.26. The van der Waals surface area contributed by atoms with E-state index in [0.29, 0.717) is 5.56 Å². The van der Waals surface area contributed by atoms with Crippen LogP contribution in [0.5, 0.6) is 0 Å². The van der Waals surface area contributed by atoms with Crippen LogP contribution in [0.3, 0.4) is 0 Å². The number of hydrogen-bond acceptors (Lipinski definition) is 3. The van der Waals surface area contributed by atoms with Gasteiger partial charge >= 0.3 is 0 Å². The van der Waals surface area contributed by atoms with E-state index in [9.17, 15) is 4.79 Å². The van der Waals surface area contributed by atoms with Gasteiger partial charge in [0.25, 0.3) is 5.91 Å². The largest absolute Gasteiger partial charge is 0.344 e. The van der Waals surface area contributed by atoms with Crippen LogP contribution in [0, 0.1) is 0 Å². The number of aromatic nitrogens is 3. The van der Waals surface area contributed by atoms with Gasteiger partial charge in [0.05, 0.1) is 17.4 Å². The molecule has 5 nitrogen and oxygen atoms in total. The van der Waals surface area contributed by atoms with Crippen molar-refractivity contribution in [1.82, 2.24) is 20.5 Å². The number of H-pyrrole nitrogens is 1. The Morgan fingerprint density at radius 2 is 1.57 bits per heavy atom. The van der Waals surface area contributed by atoms with Crippen molar-refractivity contribution in [1.29, 1.82) is 0 Å². The summed E-state index contributed by atoms with van der Waals surface area (Å²) in [6.45, 7) is 1.94. The smallest absolute Gasteiger partial charge is 0.251 e. The lowest BCUT2D eigenvalue weighted by atomic mass is 10.0. The lowest BCUT2D eigenvalue weighted by Crippen LogP contribution is -2.26. The lowest BCUT2D eigenvalue weighted by molar-refractivity contribution is 0.0939. The lowest BCUT2D eigenvalue weighted by Gasteiger charge is -2.12. The average molecular weight is 368 g/mol. The van der Waals surface area contributed by atoms with Gasteiger partial charge in [-0.25, -0.2) is 0 Å². The number of hydrogen-bond donors (Lipinski definition) is 2. The standard InChI is InChI=1S/C23H20N4O/c1-16(21-15-22(27-26-21)19-5-3-2-4-6-19)25-23(28)20-9-7-17(8-10-20)18-11-13-24-14-12-18/h2-16H,1H3,(H,25,28)(H,26,27). The molecule has 28 heavy (non-hydrogen) atoms. The molecule has 0 saturated heterocycles. The molecule has 0 aliphatic carbocycles. The van der Waals surface area contributed by atoms with E-state index in [1.54, 1.807) is 12.4 Å². The summed E-state index contributed by atoms with van der Waals surface area (Å²) in [5, 5.41) is 10.4. The number of pyridine rings is 1. The van der Waals surface area contributed by atoms with Crippen LogP contribution < -0.4 is 5.32 Å². The normalized spacial score (nSPS) is 11.8. The molecule has 4 aromatic rings. The van der Waals surface area contributed by atoms with Crippen LogP contribution in [0.4, 0.5) is 0 Å². The van der Waals surface area contributed by atoms with Crippen molar-refractivity contribution in [2.75, 3.05) is 0 Å². The maximum Gasteiger partial charge on any atom is 0.251 e. The molecule has 2 aromatic carbocycles.